The van der Waals surface area contributed by atoms with Crippen LogP contribution in [0.1, 0.15) is 18.4 Å². The Morgan fingerprint density at radius 1 is 1.29 bits per heavy atom. The van der Waals surface area contributed by atoms with Gasteiger partial charge in [-0.25, -0.2) is 4.79 Å². The highest BCUT2D eigenvalue weighted by Gasteiger charge is 2.26. The van der Waals surface area contributed by atoms with Crippen LogP contribution in [0.2, 0.25) is 0 Å². The average molecular weight is 385 g/mol. The quantitative estimate of drug-likeness (QED) is 0.405. The van der Waals surface area contributed by atoms with Crippen LogP contribution in [0.15, 0.2) is 29.6 Å². The van der Waals surface area contributed by atoms with Crippen LogP contribution in [0.4, 0.5) is 16.2 Å². The van der Waals surface area contributed by atoms with Crippen molar-refractivity contribution in [3.05, 3.63) is 35.2 Å². The smallest absolute Gasteiger partial charge is 0.319 e. The molecule has 1 unspecified atom stereocenters. The van der Waals surface area contributed by atoms with Crippen molar-refractivity contribution in [2.75, 3.05) is 36.9 Å². The minimum atomic E-state index is -0.383. The van der Waals surface area contributed by atoms with E-state index in [1.807, 2.05) is 6.07 Å². The molecule has 0 bridgehead atoms. The number of nitrogens with two attached hydrogens (primary N) is 1. The van der Waals surface area contributed by atoms with Crippen LogP contribution in [0.5, 0.6) is 0 Å². The maximum absolute atomic E-state index is 12.0. The number of benzene rings is 1. The fourth-order valence-corrected chi connectivity index (χ4v) is 3.37. The minimum Gasteiger partial charge on any atom is -0.397 e. The summed E-state index contributed by atoms with van der Waals surface area (Å²) < 4.78 is 5.40. The molecule has 1 saturated carbocycles. The first-order chi connectivity index (χ1) is 13.6. The van der Waals surface area contributed by atoms with Crippen molar-refractivity contribution in [2.24, 2.45) is 5.73 Å². The molecule has 28 heavy (non-hydrogen) atoms. The summed E-state index contributed by atoms with van der Waals surface area (Å²) in [6, 6.07) is 6.16. The molecule has 1 aromatic rings. The number of hydrogen-bond acceptors (Lipinski definition) is 7. The van der Waals surface area contributed by atoms with E-state index < -0.39 is 0 Å². The van der Waals surface area contributed by atoms with E-state index in [-0.39, 0.29) is 23.9 Å². The normalized spacial score (nSPS) is 22.4. The molecule has 2 aliphatic heterocycles. The Hall–Kier alpha value is -2.78. The second-order valence-electron chi connectivity index (χ2n) is 7.38. The maximum Gasteiger partial charge on any atom is 0.319 e. The molecular formula is C19H27N7O2. The molecule has 1 saturated heterocycles. The Morgan fingerprint density at radius 2 is 2.04 bits per heavy atom. The van der Waals surface area contributed by atoms with Gasteiger partial charge in [-0.05, 0) is 30.5 Å². The number of fused-ring (bicyclic) bond motifs is 1. The zero-order valence-electron chi connectivity index (χ0n) is 15.8. The summed E-state index contributed by atoms with van der Waals surface area (Å²) in [7, 11) is 0. The first-order valence-corrected chi connectivity index (χ1v) is 9.66. The highest BCUT2D eigenvalue weighted by Crippen LogP contribution is 2.32. The summed E-state index contributed by atoms with van der Waals surface area (Å²) >= 11 is 0. The third-order valence-corrected chi connectivity index (χ3v) is 5.12. The molecule has 2 fully saturated rings. The van der Waals surface area contributed by atoms with Crippen LogP contribution in [-0.2, 0) is 11.3 Å². The highest BCUT2D eigenvalue weighted by atomic mass is 16.5. The molecule has 0 spiro atoms. The van der Waals surface area contributed by atoms with Crippen molar-refractivity contribution >= 4 is 23.6 Å². The number of rotatable bonds is 6. The first-order valence-electron chi connectivity index (χ1n) is 9.66. The van der Waals surface area contributed by atoms with Gasteiger partial charge in [0.1, 0.15) is 6.17 Å². The predicted octanol–water partition coefficient (Wildman–Crippen LogP) is 0.964. The summed E-state index contributed by atoms with van der Waals surface area (Å²) in [4.78, 5) is 14.3. The molecule has 2 amide bonds. The van der Waals surface area contributed by atoms with Crippen molar-refractivity contribution in [3.8, 4) is 0 Å². The highest BCUT2D eigenvalue weighted by molar-refractivity contribution is 5.87. The number of carbonyl (C=O) groups excluding carboxylic acids is 1. The van der Waals surface area contributed by atoms with Gasteiger partial charge in [0.2, 0.25) is 0 Å². The molecular weight excluding hydrogens is 358 g/mol. The number of nitrogens with one attached hydrogen (secondary N) is 5. The second-order valence-corrected chi connectivity index (χ2v) is 7.38. The number of allylic oxidation sites excluding steroid dienone is 1. The lowest BCUT2D eigenvalue weighted by Crippen LogP contribution is -2.40. The van der Waals surface area contributed by atoms with E-state index in [0.717, 1.165) is 63.3 Å². The van der Waals surface area contributed by atoms with Gasteiger partial charge in [-0.2, -0.15) is 0 Å². The van der Waals surface area contributed by atoms with Crippen molar-refractivity contribution < 1.29 is 9.53 Å². The van der Waals surface area contributed by atoms with Crippen LogP contribution in [0.3, 0.4) is 0 Å². The number of hydrogen-bond donors (Lipinski definition) is 6. The molecule has 0 aromatic heterocycles. The topological polar surface area (TPSA) is 128 Å². The number of urea groups is 1. The third kappa shape index (κ3) is 4.37. The van der Waals surface area contributed by atoms with Crippen LogP contribution < -0.4 is 27.0 Å². The molecule has 7 N–H and O–H groups in total. The van der Waals surface area contributed by atoms with Crippen LogP contribution in [-0.4, -0.2) is 55.7 Å². The van der Waals surface area contributed by atoms with Gasteiger partial charge in [-0.1, -0.05) is 6.07 Å². The summed E-state index contributed by atoms with van der Waals surface area (Å²) in [5.74, 6) is 0. The third-order valence-electron chi connectivity index (χ3n) is 5.12. The van der Waals surface area contributed by atoms with Gasteiger partial charge in [0.25, 0.3) is 0 Å². The zero-order chi connectivity index (χ0) is 19.5. The van der Waals surface area contributed by atoms with E-state index in [4.69, 9.17) is 15.9 Å². The van der Waals surface area contributed by atoms with Gasteiger partial charge in [-0.3, -0.25) is 4.90 Å². The first kappa shape index (κ1) is 18.6. The van der Waals surface area contributed by atoms with Crippen molar-refractivity contribution in [1.82, 2.24) is 15.5 Å². The lowest BCUT2D eigenvalue weighted by molar-refractivity contribution is 0.0342. The maximum atomic E-state index is 12.0. The number of anilines is 2. The van der Waals surface area contributed by atoms with E-state index in [9.17, 15) is 4.79 Å². The predicted molar refractivity (Wildman–Crippen MR) is 108 cm³/mol. The molecule has 2 heterocycles. The Kier molecular flexibility index (Phi) is 5.36. The Bertz CT molecular complexity index is 784. The van der Waals surface area contributed by atoms with Gasteiger partial charge < -0.3 is 37.1 Å². The number of carbonyl (C=O) groups is 1. The largest absolute Gasteiger partial charge is 0.397 e. The molecule has 1 aromatic carbocycles. The SMILES string of the molecule is N=C/C(NC(=O)NC1CC1)=C(\N)C1Nc2ccc(CN3CCOCC3)cc2N1. The molecule has 9 heteroatoms. The molecule has 3 aliphatic rings. The van der Waals surface area contributed by atoms with Crippen LogP contribution in [0, 0.1) is 5.41 Å². The van der Waals surface area contributed by atoms with Crippen LogP contribution in [0.25, 0.3) is 0 Å². The summed E-state index contributed by atoms with van der Waals surface area (Å²) in [6.45, 7) is 4.32. The zero-order valence-corrected chi connectivity index (χ0v) is 15.8. The average Bonchev–Trinajstić information content (AvgIpc) is 3.41. The van der Waals surface area contributed by atoms with E-state index >= 15 is 0 Å². The molecule has 1 atom stereocenters. The van der Waals surface area contributed by atoms with E-state index in [0.29, 0.717) is 5.70 Å². The van der Waals surface area contributed by atoms with Gasteiger partial charge in [-0.15, -0.1) is 0 Å². The Labute approximate surface area is 164 Å². The molecule has 1 aliphatic carbocycles. The fraction of sp³-hybridized carbons (Fsp3) is 0.474. The lowest BCUT2D eigenvalue weighted by atomic mass is 10.1. The number of ether oxygens (including phenoxy) is 1. The van der Waals surface area contributed by atoms with Gasteiger partial charge in [0.15, 0.2) is 0 Å². The van der Waals surface area contributed by atoms with E-state index in [1.54, 1.807) is 0 Å². The minimum absolute atomic E-state index is 0.241. The standard InChI is InChI=1S/C19H27N7O2/c20-10-16(25-19(27)22-13-2-3-13)17(21)18-23-14-4-1-12(9-15(14)24-18)11-26-5-7-28-8-6-26/h1,4,9-10,13,18,20,23-24H,2-3,5-8,11,21H2,(H2,22,25,27)/b17-16+,20-10?. The van der Waals surface area contributed by atoms with Crippen molar-refractivity contribution in [1.29, 1.82) is 5.41 Å². The Balaban J connectivity index is 1.40. The molecule has 150 valence electrons. The number of nitrogens with zero attached hydrogens (tertiary/aromatic N) is 1. The number of morpholine rings is 1. The molecule has 0 radical (unpaired) electrons. The van der Waals surface area contributed by atoms with Gasteiger partial charge in [0.05, 0.1) is 36.0 Å². The van der Waals surface area contributed by atoms with Gasteiger partial charge >= 0.3 is 6.03 Å². The lowest BCUT2D eigenvalue weighted by Gasteiger charge is -2.26. The summed E-state index contributed by atoms with van der Waals surface area (Å²) in [5.41, 5.74) is 10.0. The van der Waals surface area contributed by atoms with Crippen LogP contribution >= 0.6 is 0 Å². The Morgan fingerprint density at radius 3 is 2.75 bits per heavy atom. The van der Waals surface area contributed by atoms with Crippen molar-refractivity contribution in [3.63, 3.8) is 0 Å². The number of amides is 2. The van der Waals surface area contributed by atoms with E-state index in [2.05, 4.69) is 38.3 Å². The van der Waals surface area contributed by atoms with E-state index in [1.165, 1.54) is 5.56 Å². The fourth-order valence-electron chi connectivity index (χ4n) is 3.37. The summed E-state index contributed by atoms with van der Waals surface area (Å²) in [5, 5.41) is 19.8. The molecule has 4 rings (SSSR count). The summed E-state index contributed by atoms with van der Waals surface area (Å²) in [6.07, 6.45) is 2.69. The monoisotopic (exact) mass is 385 g/mol. The molecule has 9 nitrogen and oxygen atoms in total. The van der Waals surface area contributed by atoms with Gasteiger partial charge in [0, 0.05) is 31.9 Å². The van der Waals surface area contributed by atoms with Crippen molar-refractivity contribution in [2.45, 2.75) is 31.6 Å². The second kappa shape index (κ2) is 8.07.